The second kappa shape index (κ2) is 5.56. The van der Waals surface area contributed by atoms with Crippen LogP contribution in [0.25, 0.3) is 0 Å². The zero-order valence-electron chi connectivity index (χ0n) is 10.0. The largest absolute Gasteiger partial charge is 0.310 e. The molecule has 2 nitrogen and oxygen atoms in total. The van der Waals surface area contributed by atoms with Gasteiger partial charge in [-0.25, -0.2) is 13.8 Å². The van der Waals surface area contributed by atoms with E-state index in [1.807, 2.05) is 0 Å². The van der Waals surface area contributed by atoms with Crippen LogP contribution in [-0.2, 0) is 6.54 Å². The summed E-state index contributed by atoms with van der Waals surface area (Å²) in [5, 5.41) is 5.03. The Bertz CT molecular complexity index is 545. The standard InChI is InChI=1S/C13H12F2N2S2/c14-10-5-8(7-17-9-1-2-9)6-11(15)12(10)19-13-16-3-4-18-13/h3-6,9,17H,1-2,7H2. The molecule has 0 radical (unpaired) electrons. The summed E-state index contributed by atoms with van der Waals surface area (Å²) in [4.78, 5) is 4.04. The van der Waals surface area contributed by atoms with Crippen molar-refractivity contribution in [3.8, 4) is 0 Å². The zero-order valence-corrected chi connectivity index (χ0v) is 11.7. The monoisotopic (exact) mass is 298 g/mol. The Labute approximate surface area is 118 Å². The van der Waals surface area contributed by atoms with E-state index >= 15 is 0 Å². The molecule has 0 atom stereocenters. The first-order valence-electron chi connectivity index (χ1n) is 6.01. The van der Waals surface area contributed by atoms with Crippen LogP contribution in [0.5, 0.6) is 0 Å². The van der Waals surface area contributed by atoms with Crippen LogP contribution in [0.2, 0.25) is 0 Å². The summed E-state index contributed by atoms with van der Waals surface area (Å²) in [6.07, 6.45) is 3.93. The first-order chi connectivity index (χ1) is 9.22. The summed E-state index contributed by atoms with van der Waals surface area (Å²) in [6.45, 7) is 0.515. The molecule has 0 aliphatic heterocycles. The van der Waals surface area contributed by atoms with Gasteiger partial charge < -0.3 is 5.32 Å². The molecule has 2 aromatic rings. The van der Waals surface area contributed by atoms with Crippen molar-refractivity contribution in [3.63, 3.8) is 0 Å². The lowest BCUT2D eigenvalue weighted by atomic mass is 10.2. The summed E-state index contributed by atoms with van der Waals surface area (Å²) in [5.41, 5.74) is 0.644. The molecule has 1 fully saturated rings. The van der Waals surface area contributed by atoms with Crippen LogP contribution in [0.15, 0.2) is 32.9 Å². The Morgan fingerprint density at radius 2 is 2.05 bits per heavy atom. The normalized spacial score (nSPS) is 14.8. The molecule has 19 heavy (non-hydrogen) atoms. The molecule has 1 saturated carbocycles. The van der Waals surface area contributed by atoms with Crippen LogP contribution in [-0.4, -0.2) is 11.0 Å². The van der Waals surface area contributed by atoms with Crippen molar-refractivity contribution in [2.45, 2.75) is 34.7 Å². The molecule has 3 rings (SSSR count). The van der Waals surface area contributed by atoms with Crippen molar-refractivity contribution >= 4 is 23.1 Å². The van der Waals surface area contributed by atoms with Gasteiger partial charge in [0.2, 0.25) is 0 Å². The molecule has 1 aromatic heterocycles. The van der Waals surface area contributed by atoms with E-state index in [-0.39, 0.29) is 4.90 Å². The number of hydrogen-bond donors (Lipinski definition) is 1. The molecule has 1 aromatic carbocycles. The van der Waals surface area contributed by atoms with Gasteiger partial charge in [0.25, 0.3) is 0 Å². The summed E-state index contributed by atoms with van der Waals surface area (Å²) >= 11 is 2.40. The first kappa shape index (κ1) is 13.0. The molecule has 1 N–H and O–H groups in total. The third-order valence-corrected chi connectivity index (χ3v) is 4.81. The third kappa shape index (κ3) is 3.32. The number of hydrogen-bond acceptors (Lipinski definition) is 4. The van der Waals surface area contributed by atoms with Crippen LogP contribution in [0.4, 0.5) is 8.78 Å². The van der Waals surface area contributed by atoms with Gasteiger partial charge in [0.15, 0.2) is 4.34 Å². The van der Waals surface area contributed by atoms with Gasteiger partial charge in [0.1, 0.15) is 11.6 Å². The molecular weight excluding hydrogens is 286 g/mol. The van der Waals surface area contributed by atoms with Crippen molar-refractivity contribution in [1.29, 1.82) is 0 Å². The van der Waals surface area contributed by atoms with Crippen LogP contribution in [0.3, 0.4) is 0 Å². The van der Waals surface area contributed by atoms with E-state index in [4.69, 9.17) is 0 Å². The van der Waals surface area contributed by atoms with Crippen LogP contribution < -0.4 is 5.32 Å². The lowest BCUT2D eigenvalue weighted by Gasteiger charge is -2.07. The predicted molar refractivity (Wildman–Crippen MR) is 72.5 cm³/mol. The Morgan fingerprint density at radius 3 is 2.63 bits per heavy atom. The maximum Gasteiger partial charge on any atom is 0.154 e. The molecule has 6 heteroatoms. The fraction of sp³-hybridized carbons (Fsp3) is 0.308. The van der Waals surface area contributed by atoms with E-state index in [1.54, 1.807) is 11.6 Å². The maximum absolute atomic E-state index is 13.9. The fourth-order valence-electron chi connectivity index (χ4n) is 1.71. The number of nitrogens with zero attached hydrogens (tertiary/aromatic N) is 1. The molecule has 1 aliphatic carbocycles. The average molecular weight is 298 g/mol. The highest BCUT2D eigenvalue weighted by Gasteiger charge is 2.21. The highest BCUT2D eigenvalue weighted by molar-refractivity contribution is 8.01. The van der Waals surface area contributed by atoms with Gasteiger partial charge in [-0.05, 0) is 30.5 Å². The van der Waals surface area contributed by atoms with E-state index in [0.29, 0.717) is 22.5 Å². The van der Waals surface area contributed by atoms with Gasteiger partial charge in [0.05, 0.1) is 4.90 Å². The summed E-state index contributed by atoms with van der Waals surface area (Å²) in [7, 11) is 0. The third-order valence-electron chi connectivity index (χ3n) is 2.83. The van der Waals surface area contributed by atoms with Gasteiger partial charge in [-0.15, -0.1) is 11.3 Å². The average Bonchev–Trinajstić information content (AvgIpc) is 3.07. The minimum atomic E-state index is -0.521. The molecule has 100 valence electrons. The molecule has 0 unspecified atom stereocenters. The molecule has 1 aliphatic rings. The van der Waals surface area contributed by atoms with Gasteiger partial charge in [-0.1, -0.05) is 11.8 Å². The van der Waals surface area contributed by atoms with Crippen molar-refractivity contribution < 1.29 is 8.78 Å². The maximum atomic E-state index is 13.9. The van der Waals surface area contributed by atoms with E-state index in [0.717, 1.165) is 24.6 Å². The molecule has 0 bridgehead atoms. The second-order valence-electron chi connectivity index (χ2n) is 4.44. The van der Waals surface area contributed by atoms with E-state index in [9.17, 15) is 8.78 Å². The number of nitrogens with one attached hydrogen (secondary N) is 1. The van der Waals surface area contributed by atoms with Crippen LogP contribution in [0.1, 0.15) is 18.4 Å². The van der Waals surface area contributed by atoms with Crippen molar-refractivity contribution in [2.75, 3.05) is 0 Å². The minimum Gasteiger partial charge on any atom is -0.310 e. The lowest BCUT2D eigenvalue weighted by Crippen LogP contribution is -2.15. The Balaban J connectivity index is 1.76. The molecule has 1 heterocycles. The number of aromatic nitrogens is 1. The molecular formula is C13H12F2N2S2. The van der Waals surface area contributed by atoms with E-state index < -0.39 is 11.6 Å². The van der Waals surface area contributed by atoms with Gasteiger partial charge in [-0.2, -0.15) is 0 Å². The zero-order chi connectivity index (χ0) is 13.2. The second-order valence-corrected chi connectivity index (χ2v) is 6.60. The Hall–Kier alpha value is -0.980. The van der Waals surface area contributed by atoms with E-state index in [2.05, 4.69) is 10.3 Å². The van der Waals surface area contributed by atoms with Crippen molar-refractivity contribution in [1.82, 2.24) is 10.3 Å². The first-order valence-corrected chi connectivity index (χ1v) is 7.70. The smallest absolute Gasteiger partial charge is 0.154 e. The molecule has 0 amide bonds. The highest BCUT2D eigenvalue weighted by atomic mass is 32.2. The lowest BCUT2D eigenvalue weighted by molar-refractivity contribution is 0.534. The number of benzene rings is 1. The number of halogens is 2. The number of thiazole rings is 1. The van der Waals surface area contributed by atoms with Gasteiger partial charge in [0, 0.05) is 24.2 Å². The minimum absolute atomic E-state index is 0.0186. The molecule has 0 spiro atoms. The highest BCUT2D eigenvalue weighted by Crippen LogP contribution is 2.33. The topological polar surface area (TPSA) is 24.9 Å². The predicted octanol–water partition coefficient (Wildman–Crippen LogP) is 3.82. The Morgan fingerprint density at radius 1 is 1.32 bits per heavy atom. The van der Waals surface area contributed by atoms with Crippen LogP contribution in [0, 0.1) is 11.6 Å². The summed E-state index contributed by atoms with van der Waals surface area (Å²) in [6, 6.07) is 3.32. The SMILES string of the molecule is Fc1cc(CNC2CC2)cc(F)c1Sc1nccs1. The van der Waals surface area contributed by atoms with Crippen molar-refractivity contribution in [2.24, 2.45) is 0 Å². The van der Waals surface area contributed by atoms with Gasteiger partial charge >= 0.3 is 0 Å². The van der Waals surface area contributed by atoms with Crippen LogP contribution >= 0.6 is 23.1 Å². The Kier molecular flexibility index (Phi) is 3.81. The van der Waals surface area contributed by atoms with Gasteiger partial charge in [-0.3, -0.25) is 0 Å². The number of rotatable bonds is 5. The summed E-state index contributed by atoms with van der Waals surface area (Å²) in [5.74, 6) is -1.04. The quantitative estimate of drug-likeness (QED) is 0.908. The van der Waals surface area contributed by atoms with E-state index in [1.165, 1.54) is 23.5 Å². The summed E-state index contributed by atoms with van der Waals surface area (Å²) < 4.78 is 28.5. The molecule has 0 saturated heterocycles. The fourth-order valence-corrected chi connectivity index (χ4v) is 3.28. The van der Waals surface area contributed by atoms with Crippen molar-refractivity contribution in [3.05, 3.63) is 40.9 Å².